The molecule has 4 rings (SSSR count). The predicted molar refractivity (Wildman–Crippen MR) is 97.2 cm³/mol. The number of benzene rings is 3. The van der Waals surface area contributed by atoms with E-state index < -0.39 is 0 Å². The van der Waals surface area contributed by atoms with Gasteiger partial charge in [-0.15, -0.1) is 0 Å². The number of rotatable bonds is 3. The largest absolute Gasteiger partial charge is 0.359 e. The van der Waals surface area contributed by atoms with Crippen molar-refractivity contribution in [3.8, 4) is 0 Å². The highest BCUT2D eigenvalue weighted by Gasteiger charge is 2.30. The molecule has 3 aromatic carbocycles. The summed E-state index contributed by atoms with van der Waals surface area (Å²) in [5.74, 6) is 0. The minimum Gasteiger partial charge on any atom is -0.359 e. The first-order valence-electron chi connectivity index (χ1n) is 8.15. The van der Waals surface area contributed by atoms with Crippen molar-refractivity contribution in [1.82, 2.24) is 0 Å². The Labute approximate surface area is 137 Å². The summed E-state index contributed by atoms with van der Waals surface area (Å²) in [6.45, 7) is 2.19. The Balaban J connectivity index is 1.80. The second-order valence-electron chi connectivity index (χ2n) is 5.86. The van der Waals surface area contributed by atoms with Gasteiger partial charge in [-0.2, -0.15) is 0 Å². The lowest BCUT2D eigenvalue weighted by Crippen LogP contribution is -2.23. The second kappa shape index (κ2) is 5.81. The molecule has 0 aromatic heterocycles. The number of para-hydroxylation sites is 2. The second-order valence-corrected chi connectivity index (χ2v) is 5.86. The Kier molecular flexibility index (Phi) is 3.51. The van der Waals surface area contributed by atoms with Gasteiger partial charge < -0.3 is 10.2 Å². The molecule has 0 spiro atoms. The minimum atomic E-state index is 0.126. The van der Waals surface area contributed by atoms with Gasteiger partial charge in [0.2, 0.25) is 0 Å². The normalized spacial score (nSPS) is 16.0. The highest BCUT2D eigenvalue weighted by molar-refractivity contribution is 5.83. The molecule has 1 aliphatic heterocycles. The summed E-state index contributed by atoms with van der Waals surface area (Å²) < 4.78 is 0. The van der Waals surface area contributed by atoms with Crippen molar-refractivity contribution in [2.45, 2.75) is 19.5 Å². The lowest BCUT2D eigenvalue weighted by atomic mass is 10.1. The van der Waals surface area contributed by atoms with Crippen LogP contribution in [0.5, 0.6) is 0 Å². The van der Waals surface area contributed by atoms with E-state index in [1.807, 2.05) is 0 Å². The van der Waals surface area contributed by atoms with Gasteiger partial charge in [-0.05, 0) is 41.8 Å². The minimum absolute atomic E-state index is 0.126. The first-order chi connectivity index (χ1) is 11.4. The Morgan fingerprint density at radius 2 is 1.52 bits per heavy atom. The van der Waals surface area contributed by atoms with Crippen molar-refractivity contribution in [2.24, 2.45) is 0 Å². The van der Waals surface area contributed by atoms with E-state index in [4.69, 9.17) is 0 Å². The van der Waals surface area contributed by atoms with E-state index in [0.29, 0.717) is 0 Å². The van der Waals surface area contributed by atoms with Crippen LogP contribution in [-0.2, 0) is 6.42 Å². The molecule has 114 valence electrons. The number of aryl methyl sites for hydroxylation is 1. The van der Waals surface area contributed by atoms with Crippen molar-refractivity contribution >= 4 is 17.1 Å². The molecular formula is C21H20N2. The first kappa shape index (κ1) is 13.9. The molecule has 2 nitrogen and oxygen atoms in total. The summed E-state index contributed by atoms with van der Waals surface area (Å²) in [6, 6.07) is 28.0. The molecule has 3 aromatic rings. The number of anilines is 3. The lowest BCUT2D eigenvalue weighted by Gasteiger charge is -2.27. The van der Waals surface area contributed by atoms with Crippen LogP contribution in [0.4, 0.5) is 17.1 Å². The average Bonchev–Trinajstić information content (AvgIpc) is 3.02. The van der Waals surface area contributed by atoms with E-state index in [1.54, 1.807) is 0 Å². The van der Waals surface area contributed by atoms with E-state index in [0.717, 1.165) is 6.42 Å². The van der Waals surface area contributed by atoms with Gasteiger partial charge in [-0.25, -0.2) is 0 Å². The first-order valence-corrected chi connectivity index (χ1v) is 8.15. The highest BCUT2D eigenvalue weighted by Crippen LogP contribution is 2.45. The molecule has 1 unspecified atom stereocenters. The van der Waals surface area contributed by atoms with Crippen molar-refractivity contribution < 1.29 is 0 Å². The summed E-state index contributed by atoms with van der Waals surface area (Å²) in [7, 11) is 0. The molecule has 0 aliphatic carbocycles. The van der Waals surface area contributed by atoms with E-state index >= 15 is 0 Å². The van der Waals surface area contributed by atoms with Crippen LogP contribution < -0.4 is 10.2 Å². The third-order valence-electron chi connectivity index (χ3n) is 4.45. The molecule has 1 aliphatic rings. The van der Waals surface area contributed by atoms with Crippen LogP contribution in [0.2, 0.25) is 0 Å². The maximum Gasteiger partial charge on any atom is 0.130 e. The molecule has 0 fully saturated rings. The lowest BCUT2D eigenvalue weighted by molar-refractivity contribution is 0.828. The fourth-order valence-electron chi connectivity index (χ4n) is 3.20. The zero-order valence-corrected chi connectivity index (χ0v) is 13.2. The number of hydrogen-bond acceptors (Lipinski definition) is 2. The molecule has 0 amide bonds. The summed E-state index contributed by atoms with van der Waals surface area (Å²) in [6.07, 6.45) is 1.19. The SMILES string of the molecule is CCc1ccc(N2c3ccccc3NC2c2ccccc2)cc1. The van der Waals surface area contributed by atoms with Crippen LogP contribution in [0, 0.1) is 0 Å². The van der Waals surface area contributed by atoms with Crippen molar-refractivity contribution in [1.29, 1.82) is 0 Å². The van der Waals surface area contributed by atoms with Crippen LogP contribution >= 0.6 is 0 Å². The van der Waals surface area contributed by atoms with Gasteiger partial charge in [0.15, 0.2) is 0 Å². The number of fused-ring (bicyclic) bond motifs is 1. The van der Waals surface area contributed by atoms with Crippen LogP contribution in [0.1, 0.15) is 24.2 Å². The molecule has 0 bridgehead atoms. The van der Waals surface area contributed by atoms with Crippen LogP contribution in [0.25, 0.3) is 0 Å². The summed E-state index contributed by atoms with van der Waals surface area (Å²) in [5.41, 5.74) is 6.26. The Morgan fingerprint density at radius 1 is 0.826 bits per heavy atom. The van der Waals surface area contributed by atoms with E-state index in [2.05, 4.69) is 96.0 Å². The molecule has 0 radical (unpaired) electrons. The van der Waals surface area contributed by atoms with E-state index in [-0.39, 0.29) is 6.17 Å². The standard InChI is InChI=1S/C21H20N2/c1-2-16-12-14-18(15-13-16)23-20-11-7-6-10-19(20)22-21(23)17-8-4-3-5-9-17/h3-15,21-22H,2H2,1H3. The molecule has 1 heterocycles. The Morgan fingerprint density at radius 3 is 2.26 bits per heavy atom. The van der Waals surface area contributed by atoms with Crippen molar-refractivity contribution in [2.75, 3.05) is 10.2 Å². The van der Waals surface area contributed by atoms with Gasteiger partial charge in [0.1, 0.15) is 6.17 Å². The number of nitrogens with one attached hydrogen (secondary N) is 1. The van der Waals surface area contributed by atoms with E-state index in [9.17, 15) is 0 Å². The van der Waals surface area contributed by atoms with Crippen LogP contribution in [-0.4, -0.2) is 0 Å². The topological polar surface area (TPSA) is 15.3 Å². The van der Waals surface area contributed by atoms with Gasteiger partial charge >= 0.3 is 0 Å². The third kappa shape index (κ3) is 2.46. The fraction of sp³-hybridized carbons (Fsp3) is 0.143. The molecule has 23 heavy (non-hydrogen) atoms. The molecule has 0 saturated carbocycles. The smallest absolute Gasteiger partial charge is 0.130 e. The maximum absolute atomic E-state index is 3.65. The molecule has 1 atom stereocenters. The van der Waals surface area contributed by atoms with Crippen LogP contribution in [0.15, 0.2) is 78.9 Å². The van der Waals surface area contributed by atoms with Gasteiger partial charge in [-0.1, -0.05) is 61.5 Å². The number of nitrogens with zero attached hydrogens (tertiary/aromatic N) is 1. The highest BCUT2D eigenvalue weighted by atomic mass is 15.3. The monoisotopic (exact) mass is 300 g/mol. The fourth-order valence-corrected chi connectivity index (χ4v) is 3.20. The zero-order valence-electron chi connectivity index (χ0n) is 13.2. The van der Waals surface area contributed by atoms with Gasteiger partial charge in [0.05, 0.1) is 11.4 Å². The number of hydrogen-bond donors (Lipinski definition) is 1. The summed E-state index contributed by atoms with van der Waals surface area (Å²) in [4.78, 5) is 2.38. The van der Waals surface area contributed by atoms with E-state index in [1.165, 1.54) is 28.2 Å². The Hall–Kier alpha value is -2.74. The molecule has 2 heteroatoms. The van der Waals surface area contributed by atoms with Gasteiger partial charge in [0.25, 0.3) is 0 Å². The maximum atomic E-state index is 3.65. The molecule has 0 saturated heterocycles. The summed E-state index contributed by atoms with van der Waals surface area (Å²) in [5, 5.41) is 3.65. The molecule has 1 N–H and O–H groups in total. The van der Waals surface area contributed by atoms with Crippen molar-refractivity contribution in [3.05, 3.63) is 90.0 Å². The third-order valence-corrected chi connectivity index (χ3v) is 4.45. The Bertz CT molecular complexity index is 794. The zero-order chi connectivity index (χ0) is 15.6. The summed E-state index contributed by atoms with van der Waals surface area (Å²) >= 11 is 0. The van der Waals surface area contributed by atoms with Crippen LogP contribution in [0.3, 0.4) is 0 Å². The molecular weight excluding hydrogens is 280 g/mol. The van der Waals surface area contributed by atoms with Gasteiger partial charge in [0, 0.05) is 5.69 Å². The average molecular weight is 300 g/mol. The predicted octanol–water partition coefficient (Wildman–Crippen LogP) is 5.51. The van der Waals surface area contributed by atoms with Crippen molar-refractivity contribution in [3.63, 3.8) is 0 Å². The van der Waals surface area contributed by atoms with Gasteiger partial charge in [-0.3, -0.25) is 0 Å². The quantitative estimate of drug-likeness (QED) is 0.686.